The number of pyridine rings is 1. The maximum absolute atomic E-state index is 13.0. The normalized spacial score (nSPS) is 14.8. The molecular formula is C21H22ClF3N6. The quantitative estimate of drug-likeness (QED) is 0.424. The molecule has 10 heteroatoms. The number of anilines is 3. The summed E-state index contributed by atoms with van der Waals surface area (Å²) in [6, 6.07) is 5.56. The average molecular weight is 451 g/mol. The smallest absolute Gasteiger partial charge is 0.399 e. The Hall–Kier alpha value is -2.81. The Kier molecular flexibility index (Phi) is 6.04. The minimum absolute atomic E-state index is 0.0523. The van der Waals surface area contributed by atoms with Crippen LogP contribution in [0.5, 0.6) is 0 Å². The number of nitrogen functional groups attached to an aromatic ring is 1. The number of piperidine rings is 1. The SMILES string of the molecule is Nc1cc(CCNc2nc(Cl)nc3ncc(N4CCCCC4)cc23)cc(C(F)(F)F)c1. The molecule has 1 aliphatic rings. The van der Waals surface area contributed by atoms with Crippen LogP contribution in [0.1, 0.15) is 30.4 Å². The second kappa shape index (κ2) is 8.74. The number of hydrogen-bond donors (Lipinski definition) is 2. The Bertz CT molecular complexity index is 1080. The lowest BCUT2D eigenvalue weighted by Crippen LogP contribution is -2.29. The summed E-state index contributed by atoms with van der Waals surface area (Å²) in [5.74, 6) is 0.501. The van der Waals surface area contributed by atoms with E-state index in [2.05, 4.69) is 25.2 Å². The summed E-state index contributed by atoms with van der Waals surface area (Å²) < 4.78 is 39.1. The highest BCUT2D eigenvalue weighted by molar-refractivity contribution is 6.28. The van der Waals surface area contributed by atoms with Crippen molar-refractivity contribution in [2.24, 2.45) is 0 Å². The van der Waals surface area contributed by atoms with Gasteiger partial charge in [-0.2, -0.15) is 18.2 Å². The molecule has 3 aromatic rings. The van der Waals surface area contributed by atoms with E-state index in [0.29, 0.717) is 30.0 Å². The van der Waals surface area contributed by atoms with Crippen LogP contribution in [0, 0.1) is 0 Å². The van der Waals surface area contributed by atoms with Gasteiger partial charge < -0.3 is 16.0 Å². The molecule has 31 heavy (non-hydrogen) atoms. The first-order chi connectivity index (χ1) is 14.8. The molecule has 0 unspecified atom stereocenters. The van der Waals surface area contributed by atoms with Gasteiger partial charge in [-0.1, -0.05) is 0 Å². The first-order valence-electron chi connectivity index (χ1n) is 10.1. The van der Waals surface area contributed by atoms with Crippen molar-refractivity contribution in [2.75, 3.05) is 35.6 Å². The fourth-order valence-electron chi connectivity index (χ4n) is 3.79. The molecule has 3 heterocycles. The van der Waals surface area contributed by atoms with Crippen molar-refractivity contribution in [3.05, 3.63) is 46.9 Å². The van der Waals surface area contributed by atoms with E-state index in [1.54, 1.807) is 6.20 Å². The summed E-state index contributed by atoms with van der Waals surface area (Å²) in [5, 5.41) is 3.94. The van der Waals surface area contributed by atoms with E-state index in [0.717, 1.165) is 49.1 Å². The number of aromatic nitrogens is 3. The predicted molar refractivity (Wildman–Crippen MR) is 116 cm³/mol. The summed E-state index contributed by atoms with van der Waals surface area (Å²) in [4.78, 5) is 15.2. The van der Waals surface area contributed by atoms with Gasteiger partial charge in [0.25, 0.3) is 0 Å². The van der Waals surface area contributed by atoms with Gasteiger partial charge in [0, 0.05) is 25.3 Å². The van der Waals surface area contributed by atoms with E-state index >= 15 is 0 Å². The molecule has 0 spiro atoms. The van der Waals surface area contributed by atoms with Crippen LogP contribution < -0.4 is 16.0 Å². The summed E-state index contributed by atoms with van der Waals surface area (Å²) >= 11 is 6.05. The van der Waals surface area contributed by atoms with Crippen LogP contribution in [0.3, 0.4) is 0 Å². The van der Waals surface area contributed by atoms with E-state index in [4.69, 9.17) is 17.3 Å². The maximum atomic E-state index is 13.0. The summed E-state index contributed by atoms with van der Waals surface area (Å²) in [5.41, 5.74) is 6.91. The van der Waals surface area contributed by atoms with E-state index in [-0.39, 0.29) is 11.0 Å². The van der Waals surface area contributed by atoms with Crippen LogP contribution in [0.2, 0.25) is 5.28 Å². The van der Waals surface area contributed by atoms with Crippen LogP contribution in [0.25, 0.3) is 11.0 Å². The number of nitrogens with one attached hydrogen (secondary N) is 1. The molecule has 0 aliphatic carbocycles. The van der Waals surface area contributed by atoms with Gasteiger partial charge in [-0.05, 0) is 67.1 Å². The van der Waals surface area contributed by atoms with Crippen molar-refractivity contribution >= 4 is 39.8 Å². The van der Waals surface area contributed by atoms with Crippen LogP contribution in [-0.2, 0) is 12.6 Å². The highest BCUT2D eigenvalue weighted by Gasteiger charge is 2.31. The van der Waals surface area contributed by atoms with Gasteiger partial charge in [0.2, 0.25) is 5.28 Å². The van der Waals surface area contributed by atoms with E-state index in [1.807, 2.05) is 6.07 Å². The minimum Gasteiger partial charge on any atom is -0.399 e. The van der Waals surface area contributed by atoms with Crippen molar-refractivity contribution < 1.29 is 13.2 Å². The maximum Gasteiger partial charge on any atom is 0.416 e. The number of fused-ring (bicyclic) bond motifs is 1. The Morgan fingerprint density at radius 2 is 1.84 bits per heavy atom. The van der Waals surface area contributed by atoms with Crippen molar-refractivity contribution in [2.45, 2.75) is 31.9 Å². The molecule has 1 aliphatic heterocycles. The Morgan fingerprint density at radius 3 is 2.58 bits per heavy atom. The number of halogens is 4. The number of alkyl halides is 3. The molecule has 0 amide bonds. The molecule has 2 aromatic heterocycles. The van der Waals surface area contributed by atoms with Gasteiger partial charge >= 0.3 is 6.18 Å². The molecule has 0 saturated carbocycles. The number of rotatable bonds is 5. The lowest BCUT2D eigenvalue weighted by atomic mass is 10.1. The highest BCUT2D eigenvalue weighted by atomic mass is 35.5. The lowest BCUT2D eigenvalue weighted by Gasteiger charge is -2.28. The second-order valence-corrected chi connectivity index (χ2v) is 7.93. The van der Waals surface area contributed by atoms with Crippen molar-refractivity contribution in [1.29, 1.82) is 0 Å². The van der Waals surface area contributed by atoms with Crippen molar-refractivity contribution in [3.8, 4) is 0 Å². The Morgan fingerprint density at radius 1 is 1.06 bits per heavy atom. The Balaban J connectivity index is 1.54. The highest BCUT2D eigenvalue weighted by Crippen LogP contribution is 2.32. The number of hydrogen-bond acceptors (Lipinski definition) is 6. The zero-order valence-corrected chi connectivity index (χ0v) is 17.5. The van der Waals surface area contributed by atoms with E-state index in [1.165, 1.54) is 12.5 Å². The van der Waals surface area contributed by atoms with Crippen LogP contribution in [-0.4, -0.2) is 34.6 Å². The standard InChI is InChI=1S/C21H22ClF3N6/c22-20-29-18(27-5-4-13-8-14(21(23,24)25)10-15(26)9-13)17-11-16(12-28-19(17)30-20)31-6-2-1-3-7-31/h8-12H,1-7,26H2,(H,27,28,29,30). The molecule has 3 N–H and O–H groups in total. The molecule has 6 nitrogen and oxygen atoms in total. The monoisotopic (exact) mass is 450 g/mol. The molecule has 1 aromatic carbocycles. The molecule has 0 atom stereocenters. The minimum atomic E-state index is -4.44. The van der Waals surface area contributed by atoms with Crippen LogP contribution >= 0.6 is 11.6 Å². The second-order valence-electron chi connectivity index (χ2n) is 7.59. The molecule has 4 rings (SSSR count). The van der Waals surface area contributed by atoms with Crippen molar-refractivity contribution in [3.63, 3.8) is 0 Å². The molecular weight excluding hydrogens is 429 g/mol. The van der Waals surface area contributed by atoms with Gasteiger partial charge in [-0.15, -0.1) is 0 Å². The number of benzene rings is 1. The van der Waals surface area contributed by atoms with Gasteiger partial charge in [0.05, 0.1) is 22.8 Å². The average Bonchev–Trinajstić information content (AvgIpc) is 2.73. The fraction of sp³-hybridized carbons (Fsp3) is 0.381. The summed E-state index contributed by atoms with van der Waals surface area (Å²) in [6.45, 7) is 2.29. The molecule has 1 fully saturated rings. The zero-order chi connectivity index (χ0) is 22.0. The van der Waals surface area contributed by atoms with Gasteiger partial charge in [0.1, 0.15) is 5.82 Å². The third-order valence-corrected chi connectivity index (χ3v) is 5.45. The third kappa shape index (κ3) is 5.10. The predicted octanol–water partition coefficient (Wildman–Crippen LogP) is 4.92. The number of nitrogens with zero attached hydrogens (tertiary/aromatic N) is 4. The molecule has 164 valence electrons. The zero-order valence-electron chi connectivity index (χ0n) is 16.7. The number of nitrogens with two attached hydrogens (primary N) is 1. The first-order valence-corrected chi connectivity index (χ1v) is 10.5. The topological polar surface area (TPSA) is 80.0 Å². The largest absolute Gasteiger partial charge is 0.416 e. The fourth-order valence-corrected chi connectivity index (χ4v) is 3.95. The summed E-state index contributed by atoms with van der Waals surface area (Å²) in [7, 11) is 0. The van der Waals surface area contributed by atoms with E-state index in [9.17, 15) is 13.2 Å². The molecule has 0 bridgehead atoms. The van der Waals surface area contributed by atoms with Gasteiger partial charge in [-0.25, -0.2) is 9.97 Å². The van der Waals surface area contributed by atoms with E-state index < -0.39 is 11.7 Å². The lowest BCUT2D eigenvalue weighted by molar-refractivity contribution is -0.137. The first kappa shape index (κ1) is 21.4. The van der Waals surface area contributed by atoms with Crippen molar-refractivity contribution in [1.82, 2.24) is 15.0 Å². The van der Waals surface area contributed by atoms with Gasteiger partial charge in [-0.3, -0.25) is 0 Å². The third-order valence-electron chi connectivity index (χ3n) is 5.28. The molecule has 1 saturated heterocycles. The Labute approximate surface area is 182 Å². The van der Waals surface area contributed by atoms with Crippen LogP contribution in [0.4, 0.5) is 30.4 Å². The van der Waals surface area contributed by atoms with Gasteiger partial charge in [0.15, 0.2) is 5.65 Å². The summed E-state index contributed by atoms with van der Waals surface area (Å²) in [6.07, 6.45) is 1.18. The molecule has 0 radical (unpaired) electrons. The van der Waals surface area contributed by atoms with Crippen LogP contribution in [0.15, 0.2) is 30.5 Å².